The summed E-state index contributed by atoms with van der Waals surface area (Å²) >= 11 is 0. The normalized spacial score (nSPS) is 11.0. The highest BCUT2D eigenvalue weighted by atomic mass is 16.5. The molecule has 0 aliphatic heterocycles. The zero-order valence-corrected chi connectivity index (χ0v) is 17.0. The maximum atomic E-state index is 12.6. The molecule has 0 fully saturated rings. The number of aromatic hydroxyl groups is 1. The molecule has 30 heavy (non-hydrogen) atoms. The first-order valence-corrected chi connectivity index (χ1v) is 9.36. The molecule has 0 aliphatic rings. The standard InChI is InChI=1S/C22H23N3O5/c1-4-30-21-15(6-5-7-18(21)29-3)13-25(2)20(28)9-8-14-10-16-17(26)11-19(27)24-22(16)23-12-14/h5-12H,4,13H2,1-3H3,(H2,23,24,26,27)/b9-8+. The molecule has 0 aliphatic carbocycles. The van der Waals surface area contributed by atoms with Gasteiger partial charge in [-0.05, 0) is 30.7 Å². The van der Waals surface area contributed by atoms with Gasteiger partial charge in [-0.2, -0.15) is 0 Å². The average molecular weight is 409 g/mol. The van der Waals surface area contributed by atoms with Crippen LogP contribution in [0.4, 0.5) is 0 Å². The molecule has 2 N–H and O–H groups in total. The Kier molecular flexibility index (Phi) is 6.36. The minimum atomic E-state index is -0.434. The van der Waals surface area contributed by atoms with E-state index in [1.54, 1.807) is 31.2 Å². The number of benzene rings is 1. The Balaban J connectivity index is 1.77. The van der Waals surface area contributed by atoms with E-state index in [-0.39, 0.29) is 17.3 Å². The molecule has 0 saturated heterocycles. The summed E-state index contributed by atoms with van der Waals surface area (Å²) in [4.78, 5) is 32.2. The first kappa shape index (κ1) is 20.9. The fourth-order valence-corrected chi connectivity index (χ4v) is 3.00. The van der Waals surface area contributed by atoms with Crippen LogP contribution >= 0.6 is 0 Å². The Labute approximate surface area is 173 Å². The van der Waals surface area contributed by atoms with E-state index in [2.05, 4.69) is 9.97 Å². The third-order valence-corrected chi connectivity index (χ3v) is 4.47. The fraction of sp³-hybridized carbons (Fsp3) is 0.227. The number of amides is 1. The van der Waals surface area contributed by atoms with E-state index in [0.717, 1.165) is 11.6 Å². The summed E-state index contributed by atoms with van der Waals surface area (Å²) in [6.45, 7) is 2.71. The van der Waals surface area contributed by atoms with Crippen molar-refractivity contribution in [3.63, 3.8) is 0 Å². The van der Waals surface area contributed by atoms with Gasteiger partial charge in [-0.15, -0.1) is 0 Å². The van der Waals surface area contributed by atoms with Crippen molar-refractivity contribution in [3.8, 4) is 17.2 Å². The summed E-state index contributed by atoms with van der Waals surface area (Å²) in [5.74, 6) is 0.854. The van der Waals surface area contributed by atoms with Gasteiger partial charge >= 0.3 is 0 Å². The van der Waals surface area contributed by atoms with Crippen LogP contribution in [-0.2, 0) is 11.3 Å². The molecule has 0 atom stereocenters. The largest absolute Gasteiger partial charge is 0.507 e. The lowest BCUT2D eigenvalue weighted by Gasteiger charge is -2.19. The fourth-order valence-electron chi connectivity index (χ4n) is 3.00. The number of likely N-dealkylation sites (N-methyl/N-ethyl adjacent to an activating group) is 1. The highest BCUT2D eigenvalue weighted by molar-refractivity contribution is 5.92. The van der Waals surface area contributed by atoms with Gasteiger partial charge < -0.3 is 24.5 Å². The summed E-state index contributed by atoms with van der Waals surface area (Å²) in [6.07, 6.45) is 4.54. The number of methoxy groups -OCH3 is 1. The monoisotopic (exact) mass is 409 g/mol. The van der Waals surface area contributed by atoms with Gasteiger partial charge in [0.2, 0.25) is 5.91 Å². The van der Waals surface area contributed by atoms with Crippen molar-refractivity contribution in [1.82, 2.24) is 14.9 Å². The van der Waals surface area contributed by atoms with Crippen LogP contribution in [0.25, 0.3) is 17.1 Å². The van der Waals surface area contributed by atoms with Crippen LogP contribution < -0.4 is 15.0 Å². The van der Waals surface area contributed by atoms with Crippen LogP contribution in [-0.4, -0.2) is 46.6 Å². The number of ether oxygens (including phenoxy) is 2. The number of aromatic amines is 1. The molecule has 0 bridgehead atoms. The number of carbonyl (C=O) groups excluding carboxylic acids is 1. The van der Waals surface area contributed by atoms with Crippen molar-refractivity contribution >= 4 is 23.0 Å². The number of rotatable bonds is 7. The SMILES string of the molecule is CCOc1c(CN(C)C(=O)/C=C/c2cnc3[nH]c(=O)cc(O)c3c2)cccc1OC. The zero-order chi connectivity index (χ0) is 21.7. The van der Waals surface area contributed by atoms with Crippen molar-refractivity contribution in [2.45, 2.75) is 13.5 Å². The molecule has 0 spiro atoms. The number of hydrogen-bond acceptors (Lipinski definition) is 6. The molecule has 8 heteroatoms. The number of fused-ring (bicyclic) bond motifs is 1. The molecular weight excluding hydrogens is 386 g/mol. The highest BCUT2D eigenvalue weighted by Gasteiger charge is 2.14. The van der Waals surface area contributed by atoms with Gasteiger partial charge in [0, 0.05) is 37.5 Å². The second-order valence-electron chi connectivity index (χ2n) is 6.59. The Hall–Kier alpha value is -3.81. The molecule has 3 aromatic rings. The van der Waals surface area contributed by atoms with Gasteiger partial charge in [-0.3, -0.25) is 9.59 Å². The third-order valence-electron chi connectivity index (χ3n) is 4.47. The Morgan fingerprint density at radius 3 is 2.87 bits per heavy atom. The molecule has 2 heterocycles. The number of hydrogen-bond donors (Lipinski definition) is 2. The van der Waals surface area contributed by atoms with Crippen LogP contribution in [0.2, 0.25) is 0 Å². The molecule has 0 radical (unpaired) electrons. The Morgan fingerprint density at radius 1 is 1.33 bits per heavy atom. The molecule has 2 aromatic heterocycles. The third kappa shape index (κ3) is 4.60. The van der Waals surface area contributed by atoms with Crippen molar-refractivity contribution < 1.29 is 19.4 Å². The van der Waals surface area contributed by atoms with E-state index in [1.165, 1.54) is 12.3 Å². The van der Waals surface area contributed by atoms with Crippen molar-refractivity contribution in [1.29, 1.82) is 0 Å². The number of para-hydroxylation sites is 1. The summed E-state index contributed by atoms with van der Waals surface area (Å²) < 4.78 is 11.0. The molecular formula is C22H23N3O5. The van der Waals surface area contributed by atoms with Crippen LogP contribution in [0.15, 0.2) is 47.4 Å². The van der Waals surface area contributed by atoms with Crippen LogP contribution in [0, 0.1) is 0 Å². The molecule has 3 rings (SSSR count). The van der Waals surface area contributed by atoms with E-state index < -0.39 is 5.56 Å². The lowest BCUT2D eigenvalue weighted by atomic mass is 10.1. The van der Waals surface area contributed by atoms with Gasteiger partial charge in [-0.1, -0.05) is 12.1 Å². The number of nitrogens with one attached hydrogen (secondary N) is 1. The second kappa shape index (κ2) is 9.13. The maximum absolute atomic E-state index is 12.6. The molecule has 8 nitrogen and oxygen atoms in total. The number of nitrogens with zero attached hydrogens (tertiary/aromatic N) is 2. The van der Waals surface area contributed by atoms with E-state index in [4.69, 9.17) is 9.47 Å². The van der Waals surface area contributed by atoms with Crippen LogP contribution in [0.1, 0.15) is 18.1 Å². The van der Waals surface area contributed by atoms with E-state index >= 15 is 0 Å². The van der Waals surface area contributed by atoms with Gasteiger partial charge in [0.15, 0.2) is 11.5 Å². The van der Waals surface area contributed by atoms with Crippen LogP contribution in [0.5, 0.6) is 17.2 Å². The summed E-state index contributed by atoms with van der Waals surface area (Å²) in [5.41, 5.74) is 1.29. The predicted molar refractivity (Wildman–Crippen MR) is 114 cm³/mol. The second-order valence-corrected chi connectivity index (χ2v) is 6.59. The quantitative estimate of drug-likeness (QED) is 0.582. The number of pyridine rings is 2. The molecule has 0 saturated carbocycles. The topological polar surface area (TPSA) is 105 Å². The Morgan fingerprint density at radius 2 is 2.13 bits per heavy atom. The summed E-state index contributed by atoms with van der Waals surface area (Å²) in [5, 5.41) is 10.3. The van der Waals surface area contributed by atoms with E-state index in [9.17, 15) is 14.7 Å². The van der Waals surface area contributed by atoms with Gasteiger partial charge in [0.05, 0.1) is 19.1 Å². The minimum Gasteiger partial charge on any atom is -0.507 e. The first-order valence-electron chi connectivity index (χ1n) is 9.36. The zero-order valence-electron chi connectivity index (χ0n) is 17.0. The maximum Gasteiger partial charge on any atom is 0.253 e. The predicted octanol–water partition coefficient (Wildman–Crippen LogP) is 2.71. The molecule has 156 valence electrons. The highest BCUT2D eigenvalue weighted by Crippen LogP contribution is 2.31. The van der Waals surface area contributed by atoms with Gasteiger partial charge in [0.1, 0.15) is 11.4 Å². The minimum absolute atomic E-state index is 0.165. The number of aromatic nitrogens is 2. The van der Waals surface area contributed by atoms with Crippen molar-refractivity contribution in [2.24, 2.45) is 0 Å². The van der Waals surface area contributed by atoms with Crippen LogP contribution in [0.3, 0.4) is 0 Å². The van der Waals surface area contributed by atoms with E-state index in [0.29, 0.717) is 35.6 Å². The van der Waals surface area contributed by atoms with Gasteiger partial charge in [-0.25, -0.2) is 4.98 Å². The van der Waals surface area contributed by atoms with Gasteiger partial charge in [0.25, 0.3) is 5.56 Å². The number of H-pyrrole nitrogens is 1. The molecule has 1 amide bonds. The lowest BCUT2D eigenvalue weighted by Crippen LogP contribution is -2.24. The van der Waals surface area contributed by atoms with Crippen molar-refractivity contribution in [3.05, 3.63) is 64.1 Å². The lowest BCUT2D eigenvalue weighted by molar-refractivity contribution is -0.125. The van der Waals surface area contributed by atoms with Crippen molar-refractivity contribution in [2.75, 3.05) is 20.8 Å². The summed E-state index contributed by atoms with van der Waals surface area (Å²) in [7, 11) is 3.27. The smallest absolute Gasteiger partial charge is 0.253 e. The Bertz CT molecular complexity index is 1150. The average Bonchev–Trinajstić information content (AvgIpc) is 2.73. The van der Waals surface area contributed by atoms with E-state index in [1.807, 2.05) is 25.1 Å². The molecule has 0 unspecified atom stereocenters. The first-order chi connectivity index (χ1) is 14.4. The number of carbonyl (C=O) groups is 1. The molecule has 1 aromatic carbocycles. The summed E-state index contributed by atoms with van der Waals surface area (Å²) in [6, 6.07) is 8.28.